The van der Waals surface area contributed by atoms with Gasteiger partial charge in [-0.1, -0.05) is 42.0 Å². The van der Waals surface area contributed by atoms with Gasteiger partial charge in [-0.05, 0) is 49.4 Å². The number of ketones is 1. The molecule has 0 fully saturated rings. The zero-order valence-corrected chi connectivity index (χ0v) is 12.8. The quantitative estimate of drug-likeness (QED) is 0.450. The lowest BCUT2D eigenvalue weighted by molar-refractivity contribution is 0.104. The van der Waals surface area contributed by atoms with Gasteiger partial charge in [0, 0.05) is 10.5 Å². The van der Waals surface area contributed by atoms with Crippen LogP contribution in [0, 0.1) is 13.8 Å². The average molecular weight is 282 g/mol. The fourth-order valence-electron chi connectivity index (χ4n) is 2.07. The lowest BCUT2D eigenvalue weighted by Crippen LogP contribution is -1.97. The van der Waals surface area contributed by atoms with E-state index >= 15 is 0 Å². The van der Waals surface area contributed by atoms with Gasteiger partial charge in [0.1, 0.15) is 0 Å². The van der Waals surface area contributed by atoms with E-state index in [4.69, 9.17) is 0 Å². The molecule has 0 spiro atoms. The van der Waals surface area contributed by atoms with Gasteiger partial charge in [0.15, 0.2) is 5.78 Å². The molecule has 0 amide bonds. The Morgan fingerprint density at radius 1 is 1.05 bits per heavy atom. The summed E-state index contributed by atoms with van der Waals surface area (Å²) in [5.74, 6) is 0.0523. The highest BCUT2D eigenvalue weighted by molar-refractivity contribution is 7.98. The molecule has 0 N–H and O–H groups in total. The monoisotopic (exact) mass is 282 g/mol. The van der Waals surface area contributed by atoms with Crippen molar-refractivity contribution in [3.05, 3.63) is 70.8 Å². The Bertz CT molecular complexity index is 639. The number of carbonyl (C=O) groups is 1. The van der Waals surface area contributed by atoms with Crippen LogP contribution in [0.15, 0.2) is 53.4 Å². The van der Waals surface area contributed by atoms with E-state index in [1.54, 1.807) is 17.8 Å². The Hall–Kier alpha value is -1.80. The Morgan fingerprint density at radius 2 is 1.75 bits per heavy atom. The van der Waals surface area contributed by atoms with Crippen LogP contribution in [0.1, 0.15) is 27.0 Å². The molecule has 0 atom stereocenters. The number of hydrogen-bond acceptors (Lipinski definition) is 2. The van der Waals surface area contributed by atoms with E-state index < -0.39 is 0 Å². The molecule has 2 rings (SSSR count). The molecule has 0 aromatic heterocycles. The molecular formula is C18H18OS. The summed E-state index contributed by atoms with van der Waals surface area (Å²) >= 11 is 1.71. The zero-order valence-electron chi connectivity index (χ0n) is 12.0. The van der Waals surface area contributed by atoms with Crippen molar-refractivity contribution in [1.82, 2.24) is 0 Å². The van der Waals surface area contributed by atoms with Gasteiger partial charge in [-0.3, -0.25) is 4.79 Å². The summed E-state index contributed by atoms with van der Waals surface area (Å²) in [4.78, 5) is 13.4. The predicted octanol–water partition coefficient (Wildman–Crippen LogP) is 4.92. The van der Waals surface area contributed by atoms with Crippen molar-refractivity contribution in [2.24, 2.45) is 0 Å². The van der Waals surface area contributed by atoms with Gasteiger partial charge in [-0.2, -0.15) is 0 Å². The van der Waals surface area contributed by atoms with Crippen molar-refractivity contribution in [2.45, 2.75) is 18.7 Å². The molecular weight excluding hydrogens is 264 g/mol. The number of carbonyl (C=O) groups excluding carboxylic acids is 1. The normalized spacial score (nSPS) is 10.9. The molecule has 2 heteroatoms. The molecule has 0 aliphatic carbocycles. The fraction of sp³-hybridized carbons (Fsp3) is 0.167. The summed E-state index contributed by atoms with van der Waals surface area (Å²) in [7, 11) is 0. The van der Waals surface area contributed by atoms with E-state index in [1.165, 1.54) is 10.5 Å². The standard InChI is InChI=1S/C18H18OS/c1-13-4-10-17(14(2)12-13)18(19)11-7-15-5-8-16(20-3)9-6-15/h4-12H,1-3H3/b11-7+. The summed E-state index contributed by atoms with van der Waals surface area (Å²) in [5, 5.41) is 0. The van der Waals surface area contributed by atoms with Crippen molar-refractivity contribution < 1.29 is 4.79 Å². The molecule has 102 valence electrons. The lowest BCUT2D eigenvalue weighted by atomic mass is 10.0. The molecule has 0 radical (unpaired) electrons. The third-order valence-corrected chi connectivity index (χ3v) is 3.93. The van der Waals surface area contributed by atoms with Crippen LogP contribution < -0.4 is 0 Å². The van der Waals surface area contributed by atoms with Gasteiger partial charge >= 0.3 is 0 Å². The van der Waals surface area contributed by atoms with E-state index in [1.807, 2.05) is 50.3 Å². The van der Waals surface area contributed by atoms with Gasteiger partial charge in [-0.25, -0.2) is 0 Å². The molecule has 1 nitrogen and oxygen atoms in total. The van der Waals surface area contributed by atoms with Crippen molar-refractivity contribution in [3.63, 3.8) is 0 Å². The van der Waals surface area contributed by atoms with E-state index in [2.05, 4.69) is 18.4 Å². The zero-order chi connectivity index (χ0) is 14.5. The molecule has 0 aliphatic rings. The smallest absolute Gasteiger partial charge is 0.186 e. The van der Waals surface area contributed by atoms with Gasteiger partial charge in [0.2, 0.25) is 0 Å². The van der Waals surface area contributed by atoms with Crippen molar-refractivity contribution in [2.75, 3.05) is 6.26 Å². The first-order valence-corrected chi connectivity index (χ1v) is 7.76. The maximum Gasteiger partial charge on any atom is 0.186 e. The van der Waals surface area contributed by atoms with Crippen LogP contribution in [0.4, 0.5) is 0 Å². The number of benzene rings is 2. The third-order valence-electron chi connectivity index (χ3n) is 3.19. The van der Waals surface area contributed by atoms with E-state index in [9.17, 15) is 4.79 Å². The largest absolute Gasteiger partial charge is 0.289 e. The first-order valence-electron chi connectivity index (χ1n) is 6.54. The maximum absolute atomic E-state index is 12.2. The predicted molar refractivity (Wildman–Crippen MR) is 87.5 cm³/mol. The van der Waals surface area contributed by atoms with Crippen molar-refractivity contribution in [3.8, 4) is 0 Å². The van der Waals surface area contributed by atoms with Crippen molar-refractivity contribution in [1.29, 1.82) is 0 Å². The number of hydrogen-bond donors (Lipinski definition) is 0. The van der Waals surface area contributed by atoms with E-state index in [0.717, 1.165) is 16.7 Å². The Labute approximate surface area is 124 Å². The molecule has 20 heavy (non-hydrogen) atoms. The second-order valence-electron chi connectivity index (χ2n) is 4.79. The summed E-state index contributed by atoms with van der Waals surface area (Å²) in [6.45, 7) is 4.01. The Morgan fingerprint density at radius 3 is 2.35 bits per heavy atom. The molecule has 2 aromatic rings. The molecule has 0 heterocycles. The SMILES string of the molecule is CSc1ccc(/C=C/C(=O)c2ccc(C)cc2C)cc1. The minimum absolute atomic E-state index is 0.0523. The second-order valence-corrected chi connectivity index (χ2v) is 5.67. The molecule has 0 bridgehead atoms. The van der Waals surface area contributed by atoms with Gasteiger partial charge in [0.05, 0.1) is 0 Å². The summed E-state index contributed by atoms with van der Waals surface area (Å²) in [6.07, 6.45) is 5.56. The first-order chi connectivity index (χ1) is 9.60. The fourth-order valence-corrected chi connectivity index (χ4v) is 2.48. The minimum atomic E-state index is 0.0523. The molecule has 0 aliphatic heterocycles. The lowest BCUT2D eigenvalue weighted by Gasteiger charge is -2.03. The maximum atomic E-state index is 12.2. The van der Waals surface area contributed by atoms with E-state index in [0.29, 0.717) is 0 Å². The number of aryl methyl sites for hydroxylation is 2. The summed E-state index contributed by atoms with van der Waals surface area (Å²) in [5.41, 5.74) is 4.02. The molecule has 0 saturated heterocycles. The highest BCUT2D eigenvalue weighted by atomic mass is 32.2. The molecule has 2 aromatic carbocycles. The Kier molecular flexibility index (Phi) is 4.80. The van der Waals surface area contributed by atoms with Crippen LogP contribution >= 0.6 is 11.8 Å². The summed E-state index contributed by atoms with van der Waals surface area (Å²) < 4.78 is 0. The van der Waals surface area contributed by atoms with Gasteiger partial charge in [0.25, 0.3) is 0 Å². The van der Waals surface area contributed by atoms with Crippen LogP contribution in [0.5, 0.6) is 0 Å². The molecule has 0 unspecified atom stereocenters. The van der Waals surface area contributed by atoms with Crippen LogP contribution in [0.3, 0.4) is 0 Å². The summed E-state index contributed by atoms with van der Waals surface area (Å²) in [6, 6.07) is 14.1. The number of rotatable bonds is 4. The van der Waals surface area contributed by atoms with Crippen molar-refractivity contribution >= 4 is 23.6 Å². The van der Waals surface area contributed by atoms with Gasteiger partial charge in [-0.15, -0.1) is 11.8 Å². The third kappa shape index (κ3) is 3.61. The van der Waals surface area contributed by atoms with Crippen LogP contribution in [-0.2, 0) is 0 Å². The van der Waals surface area contributed by atoms with E-state index in [-0.39, 0.29) is 5.78 Å². The molecule has 0 saturated carbocycles. The topological polar surface area (TPSA) is 17.1 Å². The highest BCUT2D eigenvalue weighted by Gasteiger charge is 2.05. The van der Waals surface area contributed by atoms with Crippen LogP contribution in [-0.4, -0.2) is 12.0 Å². The number of thioether (sulfide) groups is 1. The second kappa shape index (κ2) is 6.58. The minimum Gasteiger partial charge on any atom is -0.289 e. The van der Waals surface area contributed by atoms with Crippen LogP contribution in [0.2, 0.25) is 0 Å². The highest BCUT2D eigenvalue weighted by Crippen LogP contribution is 2.16. The van der Waals surface area contributed by atoms with Gasteiger partial charge < -0.3 is 0 Å². The Balaban J connectivity index is 2.15. The van der Waals surface area contributed by atoms with Crippen LogP contribution in [0.25, 0.3) is 6.08 Å². The first kappa shape index (κ1) is 14.6. The number of allylic oxidation sites excluding steroid dienone is 1. The average Bonchev–Trinajstić information content (AvgIpc) is 2.45.